The Bertz CT molecular complexity index is 297. The molecule has 1 N–H and O–H groups in total. The van der Waals surface area contributed by atoms with Crippen molar-refractivity contribution in [1.29, 1.82) is 0 Å². The van der Waals surface area contributed by atoms with Crippen molar-refractivity contribution < 1.29 is 9.50 Å². The topological polar surface area (TPSA) is 33.1 Å². The first-order valence-corrected chi connectivity index (χ1v) is 3.63. The monoisotopic (exact) mass is 167 g/mol. The summed E-state index contributed by atoms with van der Waals surface area (Å²) in [6, 6.07) is 1.41. The lowest BCUT2D eigenvalue weighted by molar-refractivity contribution is 0.343. The maximum atomic E-state index is 12.5. The van der Waals surface area contributed by atoms with E-state index in [0.29, 0.717) is 5.69 Å². The predicted octanol–water partition coefficient (Wildman–Crippen LogP) is 1.53. The summed E-state index contributed by atoms with van der Waals surface area (Å²) in [4.78, 5) is 3.84. The number of pyridine rings is 1. The molecule has 0 spiro atoms. The fourth-order valence-electron chi connectivity index (χ4n) is 0.890. The quantitative estimate of drug-likeness (QED) is 0.724. The van der Waals surface area contributed by atoms with E-state index >= 15 is 0 Å². The van der Waals surface area contributed by atoms with Crippen LogP contribution in [-0.2, 0) is 0 Å². The van der Waals surface area contributed by atoms with Crippen LogP contribution in [0.5, 0.6) is 0 Å². The van der Waals surface area contributed by atoms with Gasteiger partial charge in [0.25, 0.3) is 0 Å². The van der Waals surface area contributed by atoms with Crippen molar-refractivity contribution in [3.63, 3.8) is 0 Å². The Labute approximate surface area is 70.4 Å². The normalized spacial score (nSPS) is 10.9. The highest BCUT2D eigenvalue weighted by molar-refractivity contribution is 5.48. The highest BCUT2D eigenvalue weighted by Gasteiger charge is 1.96. The van der Waals surface area contributed by atoms with Gasteiger partial charge in [-0.25, -0.2) is 4.39 Å². The largest absolute Gasteiger partial charge is 0.392 e. The van der Waals surface area contributed by atoms with Gasteiger partial charge in [0.2, 0.25) is 0 Å². The highest BCUT2D eigenvalue weighted by Crippen LogP contribution is 2.07. The van der Waals surface area contributed by atoms with E-state index in [1.807, 2.05) is 0 Å². The molecule has 3 heteroatoms. The second-order valence-corrected chi connectivity index (χ2v) is 2.44. The van der Waals surface area contributed by atoms with Gasteiger partial charge in [-0.3, -0.25) is 4.98 Å². The van der Waals surface area contributed by atoms with Crippen LogP contribution in [0.15, 0.2) is 18.3 Å². The molecule has 0 radical (unpaired) electrons. The summed E-state index contributed by atoms with van der Waals surface area (Å²) in [7, 11) is 0. The Morgan fingerprint density at radius 3 is 3.00 bits per heavy atom. The third-order valence-electron chi connectivity index (χ3n) is 1.47. The summed E-state index contributed by atoms with van der Waals surface area (Å²) < 4.78 is 12.5. The maximum Gasteiger partial charge on any atom is 0.141 e. The average molecular weight is 167 g/mol. The molecule has 0 amide bonds. The summed E-state index contributed by atoms with van der Waals surface area (Å²) in [5, 5.41) is 8.48. The minimum absolute atomic E-state index is 0.0293. The summed E-state index contributed by atoms with van der Waals surface area (Å²) in [5.41, 5.74) is 1.45. The van der Waals surface area contributed by atoms with Crippen molar-refractivity contribution in [2.75, 3.05) is 6.61 Å². The number of nitrogens with zero attached hydrogens (tertiary/aromatic N) is 1. The molecular formula is C9H10FNO. The molecule has 1 aromatic rings. The Hall–Kier alpha value is -1.22. The Morgan fingerprint density at radius 1 is 1.67 bits per heavy atom. The Balaban J connectivity index is 2.94. The van der Waals surface area contributed by atoms with E-state index in [1.165, 1.54) is 6.07 Å². The molecule has 1 aromatic heterocycles. The van der Waals surface area contributed by atoms with Crippen LogP contribution in [0.3, 0.4) is 0 Å². The van der Waals surface area contributed by atoms with Gasteiger partial charge < -0.3 is 5.11 Å². The second-order valence-electron chi connectivity index (χ2n) is 2.44. The lowest BCUT2D eigenvalue weighted by atomic mass is 10.2. The van der Waals surface area contributed by atoms with E-state index in [2.05, 4.69) is 4.98 Å². The van der Waals surface area contributed by atoms with Crippen molar-refractivity contribution in [3.05, 3.63) is 35.4 Å². The van der Waals surface area contributed by atoms with Crippen LogP contribution in [0.4, 0.5) is 4.39 Å². The van der Waals surface area contributed by atoms with Crippen LogP contribution in [-0.4, -0.2) is 16.7 Å². The smallest absolute Gasteiger partial charge is 0.141 e. The van der Waals surface area contributed by atoms with Gasteiger partial charge in [-0.05, 0) is 24.6 Å². The molecule has 0 unspecified atom stereocenters. The third kappa shape index (κ3) is 2.13. The molecule has 2 nitrogen and oxygen atoms in total. The highest BCUT2D eigenvalue weighted by atomic mass is 19.1. The lowest BCUT2D eigenvalue weighted by Gasteiger charge is -1.97. The summed E-state index contributed by atoms with van der Waals surface area (Å²) in [5.74, 6) is -0.339. The van der Waals surface area contributed by atoms with Crippen LogP contribution in [0.1, 0.15) is 11.3 Å². The Morgan fingerprint density at radius 2 is 2.42 bits per heavy atom. The number of aliphatic hydroxyl groups is 1. The van der Waals surface area contributed by atoms with E-state index in [-0.39, 0.29) is 12.4 Å². The van der Waals surface area contributed by atoms with Crippen molar-refractivity contribution in [1.82, 2.24) is 4.98 Å². The predicted molar refractivity (Wildman–Crippen MR) is 45.1 cm³/mol. The molecule has 64 valence electrons. The fraction of sp³-hybridized carbons (Fsp3) is 0.222. The first-order valence-electron chi connectivity index (χ1n) is 3.63. The molecule has 0 atom stereocenters. The molecule has 0 aliphatic rings. The van der Waals surface area contributed by atoms with Crippen LogP contribution in [0, 0.1) is 12.7 Å². The van der Waals surface area contributed by atoms with E-state index in [4.69, 9.17) is 5.11 Å². The molecule has 1 heterocycles. The summed E-state index contributed by atoms with van der Waals surface area (Å²) in [6.07, 6.45) is 4.38. The van der Waals surface area contributed by atoms with Gasteiger partial charge >= 0.3 is 0 Å². The molecule has 0 bridgehead atoms. The zero-order valence-corrected chi connectivity index (χ0v) is 6.79. The van der Waals surface area contributed by atoms with Crippen LogP contribution in [0.2, 0.25) is 0 Å². The van der Waals surface area contributed by atoms with Gasteiger partial charge in [0.1, 0.15) is 5.82 Å². The van der Waals surface area contributed by atoms with Crippen molar-refractivity contribution in [3.8, 4) is 0 Å². The molecule has 0 saturated carbocycles. The molecule has 0 fully saturated rings. The zero-order chi connectivity index (χ0) is 8.97. The van der Waals surface area contributed by atoms with E-state index < -0.39 is 0 Å². The van der Waals surface area contributed by atoms with E-state index in [1.54, 1.807) is 19.1 Å². The zero-order valence-electron chi connectivity index (χ0n) is 6.79. The molecule has 0 aliphatic carbocycles. The standard InChI is InChI=1S/C9H10FNO/c1-7-5-8(10)6-11-9(7)3-2-4-12/h2-3,5-6,12H,4H2,1H3. The van der Waals surface area contributed by atoms with Crippen LogP contribution < -0.4 is 0 Å². The number of aliphatic hydroxyl groups excluding tert-OH is 1. The van der Waals surface area contributed by atoms with Gasteiger partial charge in [-0.15, -0.1) is 0 Å². The van der Waals surface area contributed by atoms with Gasteiger partial charge in [0, 0.05) is 0 Å². The van der Waals surface area contributed by atoms with Crippen molar-refractivity contribution in [2.45, 2.75) is 6.92 Å². The fourth-order valence-corrected chi connectivity index (χ4v) is 0.890. The molecule has 0 aromatic carbocycles. The molecule has 1 rings (SSSR count). The SMILES string of the molecule is Cc1cc(F)cnc1C=CCO. The lowest BCUT2D eigenvalue weighted by Crippen LogP contribution is -1.88. The van der Waals surface area contributed by atoms with Gasteiger partial charge in [0.15, 0.2) is 0 Å². The maximum absolute atomic E-state index is 12.5. The molecular weight excluding hydrogens is 157 g/mol. The van der Waals surface area contributed by atoms with Crippen molar-refractivity contribution >= 4 is 6.08 Å². The Kier molecular flexibility index (Phi) is 2.94. The minimum atomic E-state index is -0.339. The molecule has 12 heavy (non-hydrogen) atoms. The number of hydrogen-bond acceptors (Lipinski definition) is 2. The first-order chi connectivity index (χ1) is 5.74. The van der Waals surface area contributed by atoms with Gasteiger partial charge in [-0.1, -0.05) is 6.08 Å². The van der Waals surface area contributed by atoms with Crippen LogP contribution >= 0.6 is 0 Å². The first kappa shape index (κ1) is 8.87. The number of hydrogen-bond donors (Lipinski definition) is 1. The summed E-state index contributed by atoms with van der Waals surface area (Å²) >= 11 is 0. The number of rotatable bonds is 2. The molecule has 0 saturated heterocycles. The minimum Gasteiger partial charge on any atom is -0.392 e. The summed E-state index contributed by atoms with van der Waals surface area (Å²) in [6.45, 7) is 1.74. The second kappa shape index (κ2) is 3.97. The third-order valence-corrected chi connectivity index (χ3v) is 1.47. The number of aryl methyl sites for hydroxylation is 1. The van der Waals surface area contributed by atoms with Crippen LogP contribution in [0.25, 0.3) is 6.08 Å². The molecule has 0 aliphatic heterocycles. The van der Waals surface area contributed by atoms with E-state index in [9.17, 15) is 4.39 Å². The van der Waals surface area contributed by atoms with Gasteiger partial charge in [-0.2, -0.15) is 0 Å². The van der Waals surface area contributed by atoms with Crippen molar-refractivity contribution in [2.24, 2.45) is 0 Å². The number of halogens is 1. The number of aromatic nitrogens is 1. The average Bonchev–Trinajstić information content (AvgIpc) is 2.03. The van der Waals surface area contributed by atoms with Gasteiger partial charge in [0.05, 0.1) is 18.5 Å². The van der Waals surface area contributed by atoms with E-state index in [0.717, 1.165) is 11.8 Å².